The first-order valence-corrected chi connectivity index (χ1v) is 6.02. The first kappa shape index (κ1) is 13.2. The summed E-state index contributed by atoms with van der Waals surface area (Å²) in [5.41, 5.74) is 7.34. The Morgan fingerprint density at radius 3 is 2.37 bits per heavy atom. The summed E-state index contributed by atoms with van der Waals surface area (Å²) in [5, 5.41) is 2.70. The summed E-state index contributed by atoms with van der Waals surface area (Å²) >= 11 is 0. The highest BCUT2D eigenvalue weighted by Crippen LogP contribution is 2.09. The van der Waals surface area contributed by atoms with Crippen molar-refractivity contribution < 1.29 is 9.18 Å². The number of hydrogen-bond donors (Lipinski definition) is 2. The van der Waals surface area contributed by atoms with Gasteiger partial charge in [0.25, 0.3) is 5.91 Å². The molecule has 2 rings (SSSR count). The minimum atomic E-state index is -0.324. The summed E-state index contributed by atoms with van der Waals surface area (Å²) in [4.78, 5) is 12.0. The second-order valence-corrected chi connectivity index (χ2v) is 4.14. The number of nitrogens with one attached hydrogen (secondary N) is 1. The zero-order valence-corrected chi connectivity index (χ0v) is 10.4. The normalized spacial score (nSPS) is 10.2. The minimum absolute atomic E-state index is 0.157. The van der Waals surface area contributed by atoms with Gasteiger partial charge in [0, 0.05) is 24.2 Å². The van der Waals surface area contributed by atoms with E-state index in [0.717, 1.165) is 5.56 Å². The van der Waals surface area contributed by atoms with Gasteiger partial charge in [-0.2, -0.15) is 0 Å². The van der Waals surface area contributed by atoms with Crippen LogP contribution >= 0.6 is 0 Å². The Kier molecular flexibility index (Phi) is 4.26. The van der Waals surface area contributed by atoms with Crippen molar-refractivity contribution in [1.29, 1.82) is 0 Å². The average Bonchev–Trinajstić information content (AvgIpc) is 2.46. The number of amides is 1. The fraction of sp³-hybridized carbons (Fsp3) is 0.133. The van der Waals surface area contributed by atoms with Crippen molar-refractivity contribution in [2.75, 3.05) is 0 Å². The van der Waals surface area contributed by atoms with E-state index in [4.69, 9.17) is 5.73 Å². The van der Waals surface area contributed by atoms with Gasteiger partial charge < -0.3 is 11.1 Å². The quantitative estimate of drug-likeness (QED) is 0.883. The average molecular weight is 258 g/mol. The minimum Gasteiger partial charge on any atom is -0.348 e. The van der Waals surface area contributed by atoms with Crippen molar-refractivity contribution in [3.8, 4) is 0 Å². The Balaban J connectivity index is 2.08. The monoisotopic (exact) mass is 258 g/mol. The van der Waals surface area contributed by atoms with Crippen LogP contribution in [0.15, 0.2) is 48.5 Å². The molecule has 0 aliphatic carbocycles. The van der Waals surface area contributed by atoms with Gasteiger partial charge in [-0.3, -0.25) is 4.79 Å². The maximum absolute atomic E-state index is 13.4. The van der Waals surface area contributed by atoms with E-state index in [9.17, 15) is 9.18 Å². The Bertz CT molecular complexity index is 584. The zero-order valence-electron chi connectivity index (χ0n) is 10.4. The summed E-state index contributed by atoms with van der Waals surface area (Å²) in [7, 11) is 0. The number of carbonyl (C=O) groups excluding carboxylic acids is 1. The van der Waals surface area contributed by atoms with E-state index in [2.05, 4.69) is 5.32 Å². The molecule has 0 heterocycles. The van der Waals surface area contributed by atoms with Crippen molar-refractivity contribution in [3.63, 3.8) is 0 Å². The van der Waals surface area contributed by atoms with Gasteiger partial charge in [-0.25, -0.2) is 4.39 Å². The smallest absolute Gasteiger partial charge is 0.251 e. The fourth-order valence-electron chi connectivity index (χ4n) is 1.83. The molecule has 0 aliphatic rings. The highest BCUT2D eigenvalue weighted by atomic mass is 19.1. The van der Waals surface area contributed by atoms with Crippen molar-refractivity contribution in [2.45, 2.75) is 13.1 Å². The SMILES string of the molecule is NCc1ccccc1C(=O)NCc1ccccc1F. The van der Waals surface area contributed by atoms with Gasteiger partial charge in [-0.05, 0) is 17.7 Å². The lowest BCUT2D eigenvalue weighted by Gasteiger charge is -2.09. The predicted octanol–water partition coefficient (Wildman–Crippen LogP) is 2.21. The van der Waals surface area contributed by atoms with Crippen molar-refractivity contribution in [2.24, 2.45) is 5.73 Å². The lowest BCUT2D eigenvalue weighted by molar-refractivity contribution is 0.0949. The molecule has 0 unspecified atom stereocenters. The van der Waals surface area contributed by atoms with Gasteiger partial charge in [0.15, 0.2) is 0 Å². The second kappa shape index (κ2) is 6.11. The molecule has 98 valence electrons. The molecule has 3 nitrogen and oxygen atoms in total. The Morgan fingerprint density at radius 1 is 1.05 bits per heavy atom. The van der Waals surface area contributed by atoms with E-state index >= 15 is 0 Å². The van der Waals surface area contributed by atoms with Crippen molar-refractivity contribution in [3.05, 3.63) is 71.0 Å². The Labute approximate surface area is 111 Å². The van der Waals surface area contributed by atoms with E-state index in [1.807, 2.05) is 6.07 Å². The summed E-state index contributed by atoms with van der Waals surface area (Å²) in [5.74, 6) is -0.570. The van der Waals surface area contributed by atoms with Crippen LogP contribution in [0.5, 0.6) is 0 Å². The van der Waals surface area contributed by atoms with Crippen molar-refractivity contribution >= 4 is 5.91 Å². The Hall–Kier alpha value is -2.20. The van der Waals surface area contributed by atoms with Gasteiger partial charge in [0.05, 0.1) is 0 Å². The standard InChI is InChI=1S/C15H15FN2O/c16-14-8-4-2-6-12(14)10-18-15(19)13-7-3-1-5-11(13)9-17/h1-8H,9-10,17H2,(H,18,19). The molecule has 0 atom stereocenters. The summed E-state index contributed by atoms with van der Waals surface area (Å²) in [6.07, 6.45) is 0. The molecule has 0 saturated heterocycles. The molecule has 1 amide bonds. The highest BCUT2D eigenvalue weighted by Gasteiger charge is 2.10. The highest BCUT2D eigenvalue weighted by molar-refractivity contribution is 5.95. The first-order chi connectivity index (χ1) is 9.22. The largest absolute Gasteiger partial charge is 0.348 e. The lowest BCUT2D eigenvalue weighted by atomic mass is 10.1. The van der Waals surface area contributed by atoms with Crippen LogP contribution in [0, 0.1) is 5.82 Å². The third-order valence-electron chi connectivity index (χ3n) is 2.88. The van der Waals surface area contributed by atoms with Crippen LogP contribution in [0.1, 0.15) is 21.5 Å². The topological polar surface area (TPSA) is 55.1 Å². The van der Waals surface area contributed by atoms with Crippen LogP contribution in [0.4, 0.5) is 4.39 Å². The van der Waals surface area contributed by atoms with Gasteiger partial charge in [-0.15, -0.1) is 0 Å². The first-order valence-electron chi connectivity index (χ1n) is 6.02. The summed E-state index contributed by atoms with van der Waals surface area (Å²) in [6, 6.07) is 13.5. The molecule has 2 aromatic rings. The van der Waals surface area contributed by atoms with Gasteiger partial charge in [-0.1, -0.05) is 36.4 Å². The third-order valence-corrected chi connectivity index (χ3v) is 2.88. The number of benzene rings is 2. The maximum atomic E-state index is 13.4. The van der Waals surface area contributed by atoms with Gasteiger partial charge in [0.1, 0.15) is 5.82 Å². The van der Waals surface area contributed by atoms with E-state index in [-0.39, 0.29) is 18.3 Å². The molecule has 0 aliphatic heterocycles. The van der Waals surface area contributed by atoms with Crippen LogP contribution < -0.4 is 11.1 Å². The van der Waals surface area contributed by atoms with Crippen molar-refractivity contribution in [1.82, 2.24) is 5.32 Å². The zero-order chi connectivity index (χ0) is 13.7. The van der Waals surface area contributed by atoms with E-state index in [0.29, 0.717) is 17.7 Å². The fourth-order valence-corrected chi connectivity index (χ4v) is 1.83. The van der Waals surface area contributed by atoms with Crippen LogP contribution in [0.3, 0.4) is 0 Å². The number of halogens is 1. The number of carbonyl (C=O) groups is 1. The molecule has 2 aromatic carbocycles. The number of nitrogens with two attached hydrogens (primary N) is 1. The molecule has 0 saturated carbocycles. The molecular formula is C15H15FN2O. The molecule has 0 spiro atoms. The second-order valence-electron chi connectivity index (χ2n) is 4.14. The molecule has 3 N–H and O–H groups in total. The van der Waals surface area contributed by atoms with Crippen LogP contribution in [0.2, 0.25) is 0 Å². The van der Waals surface area contributed by atoms with E-state index < -0.39 is 0 Å². The van der Waals surface area contributed by atoms with Gasteiger partial charge in [0.2, 0.25) is 0 Å². The molecule has 0 fully saturated rings. The molecule has 0 radical (unpaired) electrons. The van der Waals surface area contributed by atoms with Crippen LogP contribution in [-0.2, 0) is 13.1 Å². The van der Waals surface area contributed by atoms with E-state index in [1.165, 1.54) is 6.07 Å². The number of hydrogen-bond acceptors (Lipinski definition) is 2. The molecule has 19 heavy (non-hydrogen) atoms. The molecular weight excluding hydrogens is 243 g/mol. The summed E-state index contributed by atoms with van der Waals surface area (Å²) in [6.45, 7) is 0.452. The molecule has 4 heteroatoms. The molecule has 0 bridgehead atoms. The van der Waals surface area contributed by atoms with E-state index in [1.54, 1.807) is 36.4 Å². The van der Waals surface area contributed by atoms with Crippen LogP contribution in [-0.4, -0.2) is 5.91 Å². The maximum Gasteiger partial charge on any atom is 0.251 e. The third kappa shape index (κ3) is 3.17. The lowest BCUT2D eigenvalue weighted by Crippen LogP contribution is -2.25. The number of rotatable bonds is 4. The Morgan fingerprint density at radius 2 is 1.68 bits per heavy atom. The van der Waals surface area contributed by atoms with Gasteiger partial charge >= 0.3 is 0 Å². The summed E-state index contributed by atoms with van der Waals surface area (Å²) < 4.78 is 13.4. The predicted molar refractivity (Wildman–Crippen MR) is 71.9 cm³/mol. The molecule has 0 aromatic heterocycles. The van der Waals surface area contributed by atoms with Crippen LogP contribution in [0.25, 0.3) is 0 Å².